The number of amides is 1. The van der Waals surface area contributed by atoms with Gasteiger partial charge in [0.25, 0.3) is 0 Å². The van der Waals surface area contributed by atoms with Crippen LogP contribution in [-0.2, 0) is 34.4 Å². The molecule has 1 aliphatic carbocycles. The molecule has 8 heteroatoms. The Labute approximate surface area is 303 Å². The second-order valence-electron chi connectivity index (χ2n) is 14.3. The molecule has 0 radical (unpaired) electrons. The summed E-state index contributed by atoms with van der Waals surface area (Å²) < 4.78 is 35.7. The Hall–Kier alpha value is -4.79. The lowest BCUT2D eigenvalue weighted by Crippen LogP contribution is -2.43. The van der Waals surface area contributed by atoms with Crippen LogP contribution >= 0.6 is 0 Å². The predicted octanol–water partition coefficient (Wildman–Crippen LogP) is 9.88. The lowest BCUT2D eigenvalue weighted by atomic mass is 9.94. The first-order valence-corrected chi connectivity index (χ1v) is 19.2. The maximum Gasteiger partial charge on any atom is 0.410 e. The summed E-state index contributed by atoms with van der Waals surface area (Å²) in [6.07, 6.45) is 8.63. The topological polar surface area (TPSA) is 79.8 Å². The molecule has 0 atom stereocenters. The fourth-order valence-electron chi connectivity index (χ4n) is 6.60. The maximum absolute atomic E-state index is 14.2. The van der Waals surface area contributed by atoms with Crippen molar-refractivity contribution in [1.82, 2.24) is 14.2 Å². The highest BCUT2D eigenvalue weighted by Gasteiger charge is 2.30. The standard InChI is InChI=1S/C43H47N3O4S/c1-43(2,3)50-42(47)46(40-16-8-5-9-17-40)32-34-21-25-38(26-22-34)37-23-19-33(20-24-37)30-45(31-35-12-11-27-44-29-35)51(48,49)41-18-10-15-39(28-41)36-13-6-4-7-14-36/h4,6-7,10-15,18-29,40H,5,8-9,16-17,30-32H2,1-3H3. The molecule has 1 saturated carbocycles. The Morgan fingerprint density at radius 2 is 1.27 bits per heavy atom. The Morgan fingerprint density at radius 3 is 1.88 bits per heavy atom. The fraction of sp³-hybridized carbons (Fsp3) is 0.302. The van der Waals surface area contributed by atoms with E-state index >= 15 is 0 Å². The van der Waals surface area contributed by atoms with Crippen molar-refractivity contribution >= 4 is 16.1 Å². The minimum absolute atomic E-state index is 0.190. The van der Waals surface area contributed by atoms with E-state index in [0.29, 0.717) is 6.54 Å². The zero-order valence-electron chi connectivity index (χ0n) is 29.7. The molecule has 6 rings (SSSR count). The van der Waals surface area contributed by atoms with Crippen molar-refractivity contribution in [3.8, 4) is 22.3 Å². The fourth-order valence-corrected chi connectivity index (χ4v) is 8.06. The van der Waals surface area contributed by atoms with Gasteiger partial charge in [-0.25, -0.2) is 13.2 Å². The normalized spacial score (nSPS) is 14.0. The minimum atomic E-state index is -3.86. The lowest BCUT2D eigenvalue weighted by Gasteiger charge is -2.35. The van der Waals surface area contributed by atoms with Gasteiger partial charge in [0.15, 0.2) is 0 Å². The molecule has 0 saturated heterocycles. The van der Waals surface area contributed by atoms with E-state index in [1.807, 2.05) is 98.5 Å². The molecule has 4 aromatic carbocycles. The molecule has 0 spiro atoms. The zero-order chi connectivity index (χ0) is 35.8. The third-order valence-corrected chi connectivity index (χ3v) is 11.0. The molecule has 1 amide bonds. The van der Waals surface area contributed by atoms with Gasteiger partial charge in [-0.15, -0.1) is 0 Å². The minimum Gasteiger partial charge on any atom is -0.444 e. The molecule has 0 N–H and O–H groups in total. The smallest absolute Gasteiger partial charge is 0.410 e. The third kappa shape index (κ3) is 9.51. The van der Waals surface area contributed by atoms with Crippen LogP contribution in [0, 0.1) is 0 Å². The Balaban J connectivity index is 1.19. The van der Waals surface area contributed by atoms with Crippen LogP contribution in [0.1, 0.15) is 69.6 Å². The van der Waals surface area contributed by atoms with Crippen LogP contribution in [0.2, 0.25) is 0 Å². The van der Waals surface area contributed by atoms with Gasteiger partial charge in [0.2, 0.25) is 10.0 Å². The second-order valence-corrected chi connectivity index (χ2v) is 16.3. The number of aromatic nitrogens is 1. The first kappa shape index (κ1) is 36.0. The van der Waals surface area contributed by atoms with Gasteiger partial charge in [-0.2, -0.15) is 4.31 Å². The molecular formula is C43H47N3O4S. The Bertz CT molecular complexity index is 1990. The number of benzene rings is 4. The highest BCUT2D eigenvalue weighted by molar-refractivity contribution is 7.89. The number of carbonyl (C=O) groups excluding carboxylic acids is 1. The van der Waals surface area contributed by atoms with Crippen molar-refractivity contribution in [2.75, 3.05) is 0 Å². The highest BCUT2D eigenvalue weighted by Crippen LogP contribution is 2.29. The quantitative estimate of drug-likeness (QED) is 0.137. The van der Waals surface area contributed by atoms with Crippen molar-refractivity contribution in [1.29, 1.82) is 0 Å². The van der Waals surface area contributed by atoms with Crippen molar-refractivity contribution < 1.29 is 17.9 Å². The molecule has 264 valence electrons. The summed E-state index contributed by atoms with van der Waals surface area (Å²) in [6.45, 7) is 6.63. The van der Waals surface area contributed by atoms with Crippen LogP contribution in [0.5, 0.6) is 0 Å². The number of pyridine rings is 1. The van der Waals surface area contributed by atoms with Gasteiger partial charge in [-0.3, -0.25) is 4.98 Å². The molecule has 0 unspecified atom stereocenters. The van der Waals surface area contributed by atoms with Gasteiger partial charge in [0.1, 0.15) is 5.60 Å². The van der Waals surface area contributed by atoms with E-state index < -0.39 is 15.6 Å². The Morgan fingerprint density at radius 1 is 0.686 bits per heavy atom. The van der Waals surface area contributed by atoms with Gasteiger partial charge >= 0.3 is 6.09 Å². The first-order chi connectivity index (χ1) is 24.5. The van der Waals surface area contributed by atoms with Crippen molar-refractivity contribution in [2.45, 2.75) is 89.0 Å². The Kier molecular flexibility index (Phi) is 11.3. The van der Waals surface area contributed by atoms with Crippen LogP contribution < -0.4 is 0 Å². The predicted molar refractivity (Wildman–Crippen MR) is 203 cm³/mol. The third-order valence-electron chi connectivity index (χ3n) is 9.26. The van der Waals surface area contributed by atoms with Crippen LogP contribution in [0.3, 0.4) is 0 Å². The molecule has 1 aliphatic rings. The molecule has 5 aromatic rings. The van der Waals surface area contributed by atoms with E-state index in [0.717, 1.165) is 64.6 Å². The SMILES string of the molecule is CC(C)(C)OC(=O)N(Cc1ccc(-c2ccc(CN(Cc3cccnc3)S(=O)(=O)c3cccc(-c4ccccc4)c3)cc2)cc1)C1CCCCC1. The van der Waals surface area contributed by atoms with E-state index in [9.17, 15) is 13.2 Å². The number of carbonyl (C=O) groups is 1. The molecular weight excluding hydrogens is 655 g/mol. The number of ether oxygens (including phenoxy) is 1. The number of hydrogen-bond acceptors (Lipinski definition) is 5. The van der Waals surface area contributed by atoms with Crippen molar-refractivity contribution in [3.63, 3.8) is 0 Å². The van der Waals surface area contributed by atoms with Crippen molar-refractivity contribution in [3.05, 3.63) is 144 Å². The summed E-state index contributed by atoms with van der Waals surface area (Å²) in [5.74, 6) is 0. The number of sulfonamides is 1. The zero-order valence-corrected chi connectivity index (χ0v) is 30.6. The molecule has 1 fully saturated rings. The average molecular weight is 702 g/mol. The summed E-state index contributed by atoms with van der Waals surface area (Å²) >= 11 is 0. The second kappa shape index (κ2) is 16.0. The van der Waals surface area contributed by atoms with Gasteiger partial charge in [-0.05, 0) is 90.8 Å². The summed E-state index contributed by atoms with van der Waals surface area (Å²) in [5, 5.41) is 0. The van der Waals surface area contributed by atoms with Crippen LogP contribution in [0.25, 0.3) is 22.3 Å². The number of hydrogen-bond donors (Lipinski definition) is 0. The van der Waals surface area contributed by atoms with Gasteiger partial charge in [-0.1, -0.05) is 116 Å². The van der Waals surface area contributed by atoms with E-state index in [2.05, 4.69) is 29.2 Å². The molecule has 0 aliphatic heterocycles. The van der Waals surface area contributed by atoms with E-state index in [-0.39, 0.29) is 30.1 Å². The van der Waals surface area contributed by atoms with Gasteiger partial charge in [0, 0.05) is 38.1 Å². The monoisotopic (exact) mass is 701 g/mol. The van der Waals surface area contributed by atoms with E-state index in [1.165, 1.54) is 10.7 Å². The summed E-state index contributed by atoms with van der Waals surface area (Å²) in [5.41, 5.74) is 6.07. The highest BCUT2D eigenvalue weighted by atomic mass is 32.2. The van der Waals surface area contributed by atoms with Crippen molar-refractivity contribution in [2.24, 2.45) is 0 Å². The summed E-state index contributed by atoms with van der Waals surface area (Å²) in [7, 11) is -3.86. The summed E-state index contributed by atoms with van der Waals surface area (Å²) in [4.78, 5) is 19.6. The average Bonchev–Trinajstić information content (AvgIpc) is 3.14. The van der Waals surface area contributed by atoms with Crippen LogP contribution in [-0.4, -0.2) is 40.3 Å². The molecule has 1 aromatic heterocycles. The molecule has 51 heavy (non-hydrogen) atoms. The van der Waals surface area contributed by atoms with Gasteiger partial charge in [0.05, 0.1) is 4.90 Å². The number of nitrogens with zero attached hydrogens (tertiary/aromatic N) is 3. The van der Waals surface area contributed by atoms with Crippen LogP contribution in [0.15, 0.2) is 133 Å². The molecule has 1 heterocycles. The van der Waals surface area contributed by atoms with Gasteiger partial charge < -0.3 is 9.64 Å². The van der Waals surface area contributed by atoms with E-state index in [4.69, 9.17) is 4.74 Å². The summed E-state index contributed by atoms with van der Waals surface area (Å²) in [6, 6.07) is 37.2. The van der Waals surface area contributed by atoms with Crippen LogP contribution in [0.4, 0.5) is 4.79 Å². The maximum atomic E-state index is 14.2. The lowest BCUT2D eigenvalue weighted by molar-refractivity contribution is 0.00988. The largest absolute Gasteiger partial charge is 0.444 e. The molecule has 0 bridgehead atoms. The number of rotatable bonds is 11. The molecule has 7 nitrogen and oxygen atoms in total. The van der Waals surface area contributed by atoms with E-state index in [1.54, 1.807) is 30.6 Å². The first-order valence-electron chi connectivity index (χ1n) is 17.8.